The summed E-state index contributed by atoms with van der Waals surface area (Å²) in [6.45, 7) is 8.51. The number of aliphatic hydroxyl groups is 7. The molecule has 1 spiro atoms. The molecule has 8 fully saturated rings. The second-order valence-corrected chi connectivity index (χ2v) is 18.6. The molecule has 14 heteroatoms. The molecular weight excluding hydrogens is 692 g/mol. The molecule has 22 atom stereocenters. The number of hydrogen-bond acceptors (Lipinski definition) is 14. The van der Waals surface area contributed by atoms with Gasteiger partial charge in [0.1, 0.15) is 54.6 Å². The first kappa shape index (κ1) is 39.0. The summed E-state index contributed by atoms with van der Waals surface area (Å²) < 4.78 is 36.8. The van der Waals surface area contributed by atoms with Crippen LogP contribution < -0.4 is 0 Å². The standard InChI is InChI=1S/C39H62O14/c1-17-7-10-39(48-16-17)18(2)28-24(53-39)12-23-21-6-5-19-11-20(8-9-37(19,3)22(21)13-27(42)38(23,28)4)49-36-33(47)34(30(44)26(15-41)51-36)52-35-32(46)31(45)29(43)25(14-40)50-35/h17-26,28-36,40-41,43-47H,5-16H2,1-4H3/t17?,18-,19+,20-,21+,22-,23-,24-,25+,26+,28-,29+,30-,31-,32+,33+,34-,35-,36+,37-,38+,39+/m0/s1. The summed E-state index contributed by atoms with van der Waals surface area (Å²) in [4.78, 5) is 14.5. The third-order valence-corrected chi connectivity index (χ3v) is 16.0. The molecule has 0 amide bonds. The average Bonchev–Trinajstić information content (AvgIpc) is 3.59. The summed E-state index contributed by atoms with van der Waals surface area (Å²) in [7, 11) is 0. The Morgan fingerprint density at radius 3 is 2.15 bits per heavy atom. The van der Waals surface area contributed by atoms with Gasteiger partial charge in [-0.1, -0.05) is 27.7 Å². The number of carbonyl (C=O) groups is 1. The highest BCUT2D eigenvalue weighted by atomic mass is 16.7. The van der Waals surface area contributed by atoms with Gasteiger partial charge in [0.2, 0.25) is 0 Å². The number of Topliss-reactive ketones (excluding diaryl/α,β-unsaturated/α-hetero) is 1. The van der Waals surface area contributed by atoms with Crippen molar-refractivity contribution in [2.75, 3.05) is 19.8 Å². The van der Waals surface area contributed by atoms with Gasteiger partial charge in [0, 0.05) is 30.1 Å². The normalized spacial score (nSPS) is 58.2. The van der Waals surface area contributed by atoms with Crippen LogP contribution in [0.15, 0.2) is 0 Å². The first-order valence-electron chi connectivity index (χ1n) is 20.3. The molecule has 4 heterocycles. The molecule has 4 aliphatic carbocycles. The Morgan fingerprint density at radius 2 is 1.47 bits per heavy atom. The van der Waals surface area contributed by atoms with Gasteiger partial charge in [-0.3, -0.25) is 4.79 Å². The summed E-state index contributed by atoms with van der Waals surface area (Å²) in [5.74, 6) is 1.96. The monoisotopic (exact) mass is 754 g/mol. The Morgan fingerprint density at radius 1 is 0.774 bits per heavy atom. The summed E-state index contributed by atoms with van der Waals surface area (Å²) in [6.07, 6.45) is -7.49. The lowest BCUT2D eigenvalue weighted by Crippen LogP contribution is -2.65. The first-order chi connectivity index (χ1) is 25.2. The van der Waals surface area contributed by atoms with Crippen molar-refractivity contribution in [3.8, 4) is 0 Å². The first-order valence-corrected chi connectivity index (χ1v) is 20.3. The zero-order chi connectivity index (χ0) is 37.8. The molecule has 4 saturated carbocycles. The molecule has 7 N–H and O–H groups in total. The Labute approximate surface area is 311 Å². The van der Waals surface area contributed by atoms with Crippen molar-refractivity contribution in [2.45, 2.75) is 165 Å². The van der Waals surface area contributed by atoms with Crippen molar-refractivity contribution in [1.29, 1.82) is 0 Å². The maximum atomic E-state index is 14.5. The fourth-order valence-electron chi connectivity index (χ4n) is 12.9. The predicted octanol–water partition coefficient (Wildman–Crippen LogP) is 0.621. The molecule has 4 saturated heterocycles. The second kappa shape index (κ2) is 14.2. The minimum absolute atomic E-state index is 0.0440. The molecule has 0 aromatic heterocycles. The number of carbonyl (C=O) groups excluding carboxylic acids is 1. The zero-order valence-corrected chi connectivity index (χ0v) is 31.4. The molecule has 0 radical (unpaired) electrons. The van der Waals surface area contributed by atoms with E-state index in [-0.39, 0.29) is 47.2 Å². The smallest absolute Gasteiger partial charge is 0.187 e. The van der Waals surface area contributed by atoms with E-state index in [2.05, 4.69) is 27.7 Å². The Balaban J connectivity index is 0.934. The van der Waals surface area contributed by atoms with Crippen molar-refractivity contribution < 1.29 is 69.0 Å². The molecule has 8 rings (SSSR count). The van der Waals surface area contributed by atoms with Crippen LogP contribution in [0.5, 0.6) is 0 Å². The van der Waals surface area contributed by atoms with E-state index in [1.807, 2.05) is 0 Å². The Bertz CT molecular complexity index is 1340. The number of hydrogen-bond donors (Lipinski definition) is 7. The second-order valence-electron chi connectivity index (χ2n) is 18.6. The number of ether oxygens (including phenoxy) is 6. The molecule has 0 aromatic rings. The molecule has 4 aliphatic heterocycles. The van der Waals surface area contributed by atoms with Gasteiger partial charge >= 0.3 is 0 Å². The van der Waals surface area contributed by atoms with Crippen molar-refractivity contribution in [3.05, 3.63) is 0 Å². The van der Waals surface area contributed by atoms with E-state index in [4.69, 9.17) is 28.4 Å². The lowest BCUT2D eigenvalue weighted by atomic mass is 9.44. The van der Waals surface area contributed by atoms with E-state index in [1.165, 1.54) is 0 Å². The van der Waals surface area contributed by atoms with Crippen LogP contribution in [0.4, 0.5) is 0 Å². The number of aliphatic hydroxyl groups excluding tert-OH is 7. The van der Waals surface area contributed by atoms with Gasteiger partial charge in [0.05, 0.1) is 32.0 Å². The van der Waals surface area contributed by atoms with Crippen LogP contribution in [-0.4, -0.2) is 141 Å². The summed E-state index contributed by atoms with van der Waals surface area (Å²) >= 11 is 0. The maximum absolute atomic E-state index is 14.5. The number of ketones is 1. The molecule has 53 heavy (non-hydrogen) atoms. The predicted molar refractivity (Wildman–Crippen MR) is 183 cm³/mol. The van der Waals surface area contributed by atoms with Gasteiger partial charge in [0.25, 0.3) is 0 Å². The van der Waals surface area contributed by atoms with Gasteiger partial charge < -0.3 is 64.2 Å². The third-order valence-electron chi connectivity index (χ3n) is 16.0. The van der Waals surface area contributed by atoms with E-state index < -0.39 is 85.8 Å². The third kappa shape index (κ3) is 6.03. The molecule has 14 nitrogen and oxygen atoms in total. The van der Waals surface area contributed by atoms with Crippen molar-refractivity contribution >= 4 is 5.78 Å². The van der Waals surface area contributed by atoms with Crippen LogP contribution in [-0.2, 0) is 33.2 Å². The van der Waals surface area contributed by atoms with Crippen molar-refractivity contribution in [1.82, 2.24) is 0 Å². The van der Waals surface area contributed by atoms with E-state index in [9.17, 15) is 40.5 Å². The van der Waals surface area contributed by atoms with E-state index in [1.54, 1.807) is 0 Å². The van der Waals surface area contributed by atoms with Crippen molar-refractivity contribution in [3.63, 3.8) is 0 Å². The Kier molecular flexibility index (Phi) is 10.5. The summed E-state index contributed by atoms with van der Waals surface area (Å²) in [6, 6.07) is 0. The van der Waals surface area contributed by atoms with Crippen LogP contribution in [0.2, 0.25) is 0 Å². The zero-order valence-electron chi connectivity index (χ0n) is 31.4. The fourth-order valence-corrected chi connectivity index (χ4v) is 12.9. The highest BCUT2D eigenvalue weighted by Crippen LogP contribution is 2.70. The van der Waals surface area contributed by atoms with Crippen LogP contribution in [0.3, 0.4) is 0 Å². The highest BCUT2D eigenvalue weighted by molar-refractivity contribution is 5.87. The van der Waals surface area contributed by atoms with Crippen molar-refractivity contribution in [2.24, 2.45) is 52.3 Å². The molecular formula is C39H62O14. The van der Waals surface area contributed by atoms with Crippen LogP contribution >= 0.6 is 0 Å². The molecule has 1 unspecified atom stereocenters. The van der Waals surface area contributed by atoms with E-state index >= 15 is 0 Å². The number of fused-ring (bicyclic) bond motifs is 7. The molecule has 8 aliphatic rings. The lowest BCUT2D eigenvalue weighted by Gasteiger charge is -2.60. The fraction of sp³-hybridized carbons (Fsp3) is 0.974. The lowest BCUT2D eigenvalue weighted by molar-refractivity contribution is -0.365. The van der Waals surface area contributed by atoms with E-state index in [0.29, 0.717) is 43.5 Å². The van der Waals surface area contributed by atoms with Crippen LogP contribution in [0.1, 0.15) is 85.5 Å². The van der Waals surface area contributed by atoms with Crippen LogP contribution in [0.25, 0.3) is 0 Å². The Hall–Kier alpha value is -0.850. The SMILES string of the molecule is CC1CC[C@@]2(OC1)O[C@H]1C[C@H]3[C@@H]4CC[C@@H]5C[C@@H](O[C@@H]6O[C@H](CO)[C@H](O)[C@H](O[C@@H]7O[C@H](CO)[C@@H](O)[C@H](O)[C@H]7O)[C@H]6O)CC[C@]5(C)[C@H]4CC(=O)[C@]3(C)[C@H]1[C@@H]2C. The van der Waals surface area contributed by atoms with Gasteiger partial charge in [0.15, 0.2) is 18.4 Å². The minimum atomic E-state index is -1.75. The van der Waals surface area contributed by atoms with Gasteiger partial charge in [-0.25, -0.2) is 0 Å². The van der Waals surface area contributed by atoms with E-state index in [0.717, 1.165) is 38.5 Å². The van der Waals surface area contributed by atoms with Crippen LogP contribution in [0, 0.1) is 52.3 Å². The minimum Gasteiger partial charge on any atom is -0.394 e. The molecule has 302 valence electrons. The van der Waals surface area contributed by atoms with Gasteiger partial charge in [-0.2, -0.15) is 0 Å². The van der Waals surface area contributed by atoms with Gasteiger partial charge in [-0.15, -0.1) is 0 Å². The maximum Gasteiger partial charge on any atom is 0.187 e. The highest BCUT2D eigenvalue weighted by Gasteiger charge is 2.72. The van der Waals surface area contributed by atoms with Gasteiger partial charge in [-0.05, 0) is 80.0 Å². The topological polar surface area (TPSA) is 214 Å². The average molecular weight is 755 g/mol. The number of rotatable bonds is 6. The largest absolute Gasteiger partial charge is 0.394 e. The summed E-state index contributed by atoms with van der Waals surface area (Å²) in [5, 5.41) is 72.9. The summed E-state index contributed by atoms with van der Waals surface area (Å²) in [5.41, 5.74) is -0.473. The molecule has 0 bridgehead atoms. The molecule has 0 aromatic carbocycles. The quantitative estimate of drug-likeness (QED) is 0.185.